The summed E-state index contributed by atoms with van der Waals surface area (Å²) in [7, 11) is 0. The molecule has 1 aliphatic heterocycles. The Labute approximate surface area is 166 Å². The maximum atomic E-state index is 12.8. The number of nitrogens with zero attached hydrogens (tertiary/aromatic N) is 3. The Morgan fingerprint density at radius 2 is 1.86 bits per heavy atom. The predicted molar refractivity (Wildman–Crippen MR) is 109 cm³/mol. The lowest BCUT2D eigenvalue weighted by Gasteiger charge is -2.32. The molecular formula is C22H28N4O2. The fourth-order valence-electron chi connectivity index (χ4n) is 4.03. The van der Waals surface area contributed by atoms with Crippen LogP contribution in [0.1, 0.15) is 55.3 Å². The van der Waals surface area contributed by atoms with Gasteiger partial charge in [-0.1, -0.05) is 19.3 Å². The number of hydrogen-bond donors (Lipinski definition) is 1. The second-order valence-corrected chi connectivity index (χ2v) is 7.71. The second-order valence-electron chi connectivity index (χ2n) is 7.71. The van der Waals surface area contributed by atoms with Gasteiger partial charge in [0.25, 0.3) is 5.91 Å². The molecule has 1 N–H and O–H groups in total. The molecule has 0 aromatic carbocycles. The maximum Gasteiger partial charge on any atom is 0.255 e. The highest BCUT2D eigenvalue weighted by molar-refractivity contribution is 5.94. The van der Waals surface area contributed by atoms with Gasteiger partial charge in [-0.15, -0.1) is 0 Å². The van der Waals surface area contributed by atoms with Crippen LogP contribution >= 0.6 is 0 Å². The summed E-state index contributed by atoms with van der Waals surface area (Å²) in [6.07, 6.45) is 13.3. The van der Waals surface area contributed by atoms with Crippen molar-refractivity contribution in [3.8, 4) is 5.75 Å². The summed E-state index contributed by atoms with van der Waals surface area (Å²) in [5.74, 6) is 1.71. The van der Waals surface area contributed by atoms with E-state index in [0.717, 1.165) is 24.4 Å². The number of pyridine rings is 2. The molecule has 6 nitrogen and oxygen atoms in total. The van der Waals surface area contributed by atoms with Crippen molar-refractivity contribution < 1.29 is 9.53 Å². The minimum atomic E-state index is 0.0524. The lowest BCUT2D eigenvalue weighted by molar-refractivity contribution is 0.0594. The molecule has 0 radical (unpaired) electrons. The Bertz CT molecular complexity index is 752. The summed E-state index contributed by atoms with van der Waals surface area (Å²) in [5.41, 5.74) is 0.654. The summed E-state index contributed by atoms with van der Waals surface area (Å²) in [4.78, 5) is 23.2. The molecule has 0 unspecified atom stereocenters. The van der Waals surface area contributed by atoms with Gasteiger partial charge in [-0.25, -0.2) is 4.98 Å². The zero-order valence-corrected chi connectivity index (χ0v) is 16.2. The van der Waals surface area contributed by atoms with Crippen LogP contribution in [-0.2, 0) is 0 Å². The monoisotopic (exact) mass is 380 g/mol. The summed E-state index contributed by atoms with van der Waals surface area (Å²) < 4.78 is 5.96. The van der Waals surface area contributed by atoms with Gasteiger partial charge in [0.2, 0.25) is 0 Å². The minimum absolute atomic E-state index is 0.0524. The Morgan fingerprint density at radius 3 is 2.54 bits per heavy atom. The second kappa shape index (κ2) is 9.04. The number of piperidine rings is 1. The van der Waals surface area contributed by atoms with Gasteiger partial charge in [0, 0.05) is 44.4 Å². The number of carbonyl (C=O) groups excluding carboxylic acids is 1. The van der Waals surface area contributed by atoms with E-state index in [9.17, 15) is 4.79 Å². The highest BCUT2D eigenvalue weighted by Crippen LogP contribution is 2.22. The van der Waals surface area contributed by atoms with E-state index in [2.05, 4.69) is 15.3 Å². The number of likely N-dealkylation sites (tertiary alicyclic amines) is 1. The first-order valence-corrected chi connectivity index (χ1v) is 10.4. The third-order valence-corrected chi connectivity index (χ3v) is 5.63. The zero-order valence-electron chi connectivity index (χ0n) is 16.2. The Balaban J connectivity index is 1.27. The largest absolute Gasteiger partial charge is 0.489 e. The number of ether oxygens (including phenoxy) is 1. The molecule has 28 heavy (non-hydrogen) atoms. The van der Waals surface area contributed by atoms with E-state index in [1.165, 1.54) is 32.1 Å². The van der Waals surface area contributed by atoms with Crippen LogP contribution < -0.4 is 10.1 Å². The smallest absolute Gasteiger partial charge is 0.255 e. The number of hydrogen-bond acceptors (Lipinski definition) is 5. The van der Waals surface area contributed by atoms with Gasteiger partial charge in [-0.05, 0) is 37.1 Å². The minimum Gasteiger partial charge on any atom is -0.489 e. The third kappa shape index (κ3) is 4.80. The van der Waals surface area contributed by atoms with E-state index in [1.807, 2.05) is 29.2 Å². The van der Waals surface area contributed by atoms with Gasteiger partial charge in [0.05, 0.1) is 11.8 Å². The summed E-state index contributed by atoms with van der Waals surface area (Å²) in [6.45, 7) is 1.40. The molecule has 4 rings (SSSR count). The molecule has 148 valence electrons. The van der Waals surface area contributed by atoms with Crippen molar-refractivity contribution in [3.63, 3.8) is 0 Å². The average Bonchev–Trinajstić information content (AvgIpc) is 2.76. The van der Waals surface area contributed by atoms with Crippen LogP contribution in [0.3, 0.4) is 0 Å². The molecule has 2 aromatic rings. The van der Waals surface area contributed by atoms with Crippen LogP contribution in [-0.4, -0.2) is 46.0 Å². The summed E-state index contributed by atoms with van der Waals surface area (Å²) >= 11 is 0. The standard InChI is InChI=1S/C22H28N4O2/c27-22(17-8-9-21(24-15-17)25-18-5-2-1-3-6-18)26-13-10-19(11-14-26)28-20-7-4-12-23-16-20/h4,7-9,12,15-16,18-19H,1-3,5-6,10-11,13-14H2,(H,24,25). The Hall–Kier alpha value is -2.63. The van der Waals surface area contributed by atoms with Crippen LogP contribution in [0, 0.1) is 0 Å². The van der Waals surface area contributed by atoms with Crippen molar-refractivity contribution in [2.24, 2.45) is 0 Å². The number of carbonyl (C=O) groups is 1. The summed E-state index contributed by atoms with van der Waals surface area (Å²) in [5, 5.41) is 3.50. The van der Waals surface area contributed by atoms with Gasteiger partial charge >= 0.3 is 0 Å². The van der Waals surface area contributed by atoms with E-state index in [-0.39, 0.29) is 12.0 Å². The first-order valence-electron chi connectivity index (χ1n) is 10.4. The fourth-order valence-corrected chi connectivity index (χ4v) is 4.03. The van der Waals surface area contributed by atoms with Crippen molar-refractivity contribution in [2.45, 2.75) is 57.1 Å². The lowest BCUT2D eigenvalue weighted by atomic mass is 9.95. The number of rotatable bonds is 5. The highest BCUT2D eigenvalue weighted by Gasteiger charge is 2.25. The topological polar surface area (TPSA) is 67.4 Å². The Morgan fingerprint density at radius 1 is 1.04 bits per heavy atom. The van der Waals surface area contributed by atoms with Gasteiger partial charge in [0.15, 0.2) is 0 Å². The maximum absolute atomic E-state index is 12.8. The average molecular weight is 380 g/mol. The van der Waals surface area contributed by atoms with E-state index in [0.29, 0.717) is 24.7 Å². The molecule has 1 saturated heterocycles. The van der Waals surface area contributed by atoms with Gasteiger partial charge in [-0.3, -0.25) is 9.78 Å². The molecular weight excluding hydrogens is 352 g/mol. The van der Waals surface area contributed by atoms with Gasteiger partial charge in [-0.2, -0.15) is 0 Å². The first-order chi connectivity index (χ1) is 13.8. The highest BCUT2D eigenvalue weighted by atomic mass is 16.5. The fraction of sp³-hybridized carbons (Fsp3) is 0.500. The van der Waals surface area contributed by atoms with E-state index in [4.69, 9.17) is 4.74 Å². The zero-order chi connectivity index (χ0) is 19.2. The van der Waals surface area contributed by atoms with Crippen molar-refractivity contribution in [1.82, 2.24) is 14.9 Å². The van der Waals surface area contributed by atoms with E-state index >= 15 is 0 Å². The molecule has 1 amide bonds. The van der Waals surface area contributed by atoms with Crippen molar-refractivity contribution in [1.29, 1.82) is 0 Å². The molecule has 0 spiro atoms. The molecule has 2 fully saturated rings. The van der Waals surface area contributed by atoms with Crippen LogP contribution in [0.4, 0.5) is 5.82 Å². The SMILES string of the molecule is O=C(c1ccc(NC2CCCCC2)nc1)N1CCC(Oc2cccnc2)CC1. The number of aromatic nitrogens is 2. The third-order valence-electron chi connectivity index (χ3n) is 5.63. The van der Waals surface area contributed by atoms with Crippen molar-refractivity contribution in [2.75, 3.05) is 18.4 Å². The van der Waals surface area contributed by atoms with E-state index in [1.54, 1.807) is 18.6 Å². The first kappa shape index (κ1) is 18.7. The molecule has 0 bridgehead atoms. The lowest BCUT2D eigenvalue weighted by Crippen LogP contribution is -2.41. The van der Waals surface area contributed by atoms with Crippen LogP contribution in [0.25, 0.3) is 0 Å². The normalized spacial score (nSPS) is 18.6. The Kier molecular flexibility index (Phi) is 6.04. The van der Waals surface area contributed by atoms with Gasteiger partial charge in [0.1, 0.15) is 17.7 Å². The molecule has 6 heteroatoms. The molecule has 3 heterocycles. The van der Waals surface area contributed by atoms with Crippen LogP contribution in [0.5, 0.6) is 5.75 Å². The summed E-state index contributed by atoms with van der Waals surface area (Å²) in [6, 6.07) is 8.12. The predicted octanol–water partition coefficient (Wildman–Crippen LogP) is 3.90. The molecule has 2 aliphatic rings. The van der Waals surface area contributed by atoms with Gasteiger partial charge < -0.3 is 15.0 Å². The van der Waals surface area contributed by atoms with Crippen molar-refractivity contribution >= 4 is 11.7 Å². The van der Waals surface area contributed by atoms with Crippen LogP contribution in [0.15, 0.2) is 42.9 Å². The number of amides is 1. The van der Waals surface area contributed by atoms with Crippen molar-refractivity contribution in [3.05, 3.63) is 48.4 Å². The van der Waals surface area contributed by atoms with E-state index < -0.39 is 0 Å². The molecule has 1 aliphatic carbocycles. The molecule has 1 saturated carbocycles. The molecule has 0 atom stereocenters. The number of anilines is 1. The quantitative estimate of drug-likeness (QED) is 0.852. The number of nitrogens with one attached hydrogen (secondary N) is 1. The van der Waals surface area contributed by atoms with Crippen LogP contribution in [0.2, 0.25) is 0 Å². The molecule has 2 aromatic heterocycles.